The van der Waals surface area contributed by atoms with Gasteiger partial charge in [-0.15, -0.1) is 0 Å². The number of carbonyl (C=O) groups is 1. The van der Waals surface area contributed by atoms with Crippen LogP contribution in [0.1, 0.15) is 18.3 Å². The summed E-state index contributed by atoms with van der Waals surface area (Å²) in [4.78, 5) is 18.9. The summed E-state index contributed by atoms with van der Waals surface area (Å²) in [6.07, 6.45) is 0. The molecule has 12 heavy (non-hydrogen) atoms. The van der Waals surface area contributed by atoms with Gasteiger partial charge in [-0.25, -0.2) is 9.97 Å². The van der Waals surface area contributed by atoms with E-state index in [1.807, 2.05) is 19.9 Å². The summed E-state index contributed by atoms with van der Waals surface area (Å²) in [5.74, 6) is 0. The number of hydrogen-bond donors (Lipinski definition) is 0. The van der Waals surface area contributed by atoms with Crippen molar-refractivity contribution in [3.63, 3.8) is 0 Å². The predicted molar refractivity (Wildman–Crippen MR) is 48.0 cm³/mol. The maximum Gasteiger partial charge on any atom is 0.195 e. The van der Waals surface area contributed by atoms with E-state index in [0.717, 1.165) is 23.1 Å². The average molecular weight is 182 g/mol. The van der Waals surface area contributed by atoms with Gasteiger partial charge in [0.2, 0.25) is 0 Å². The molecular weight excluding hydrogens is 172 g/mol. The summed E-state index contributed by atoms with van der Waals surface area (Å²) >= 11 is 1.07. The van der Waals surface area contributed by atoms with E-state index in [1.165, 1.54) is 6.92 Å². The highest BCUT2D eigenvalue weighted by Gasteiger charge is 2.02. The summed E-state index contributed by atoms with van der Waals surface area (Å²) < 4.78 is 0. The van der Waals surface area contributed by atoms with Crippen LogP contribution in [0.4, 0.5) is 0 Å². The lowest BCUT2D eigenvalue weighted by Gasteiger charge is -1.98. The van der Waals surface area contributed by atoms with E-state index < -0.39 is 0 Å². The van der Waals surface area contributed by atoms with E-state index in [9.17, 15) is 4.79 Å². The van der Waals surface area contributed by atoms with Gasteiger partial charge in [-0.3, -0.25) is 4.79 Å². The van der Waals surface area contributed by atoms with Crippen LogP contribution in [0.3, 0.4) is 0 Å². The molecule has 1 heterocycles. The number of nitrogens with zero attached hydrogens (tertiary/aromatic N) is 2. The quantitative estimate of drug-likeness (QED) is 0.490. The van der Waals surface area contributed by atoms with Crippen molar-refractivity contribution in [2.24, 2.45) is 0 Å². The van der Waals surface area contributed by atoms with E-state index in [4.69, 9.17) is 0 Å². The van der Waals surface area contributed by atoms with Crippen LogP contribution in [0.2, 0.25) is 0 Å². The zero-order valence-electron chi connectivity index (χ0n) is 7.29. The molecule has 0 spiro atoms. The molecule has 3 nitrogen and oxygen atoms in total. The Kier molecular flexibility index (Phi) is 2.81. The molecule has 0 aliphatic carbocycles. The minimum Gasteiger partial charge on any atom is -0.287 e. The zero-order valence-corrected chi connectivity index (χ0v) is 8.10. The fourth-order valence-electron chi connectivity index (χ4n) is 0.868. The molecule has 1 aromatic heterocycles. The molecule has 4 heteroatoms. The van der Waals surface area contributed by atoms with Crippen LogP contribution in [0.15, 0.2) is 11.2 Å². The maximum absolute atomic E-state index is 10.7. The summed E-state index contributed by atoms with van der Waals surface area (Å²) in [6.45, 7) is 5.28. The van der Waals surface area contributed by atoms with E-state index in [0.29, 0.717) is 5.16 Å². The zero-order chi connectivity index (χ0) is 9.14. The van der Waals surface area contributed by atoms with Gasteiger partial charge in [0.25, 0.3) is 0 Å². The van der Waals surface area contributed by atoms with Crippen molar-refractivity contribution >= 4 is 16.9 Å². The van der Waals surface area contributed by atoms with Crippen LogP contribution in [0, 0.1) is 13.8 Å². The van der Waals surface area contributed by atoms with Crippen LogP contribution >= 0.6 is 11.8 Å². The van der Waals surface area contributed by atoms with E-state index >= 15 is 0 Å². The van der Waals surface area contributed by atoms with Crippen molar-refractivity contribution < 1.29 is 4.79 Å². The lowest BCUT2D eigenvalue weighted by molar-refractivity contribution is -0.109. The third-order valence-electron chi connectivity index (χ3n) is 1.20. The number of rotatable bonds is 1. The molecule has 0 atom stereocenters. The summed E-state index contributed by atoms with van der Waals surface area (Å²) in [5.41, 5.74) is 1.79. The van der Waals surface area contributed by atoms with E-state index in [1.54, 1.807) is 0 Å². The Morgan fingerprint density at radius 2 is 1.83 bits per heavy atom. The summed E-state index contributed by atoms with van der Waals surface area (Å²) in [7, 11) is 0. The highest BCUT2D eigenvalue weighted by atomic mass is 32.2. The van der Waals surface area contributed by atoms with Crippen molar-refractivity contribution in [2.45, 2.75) is 25.9 Å². The molecule has 0 radical (unpaired) electrons. The first-order valence-electron chi connectivity index (χ1n) is 3.58. The molecule has 0 saturated carbocycles. The van der Waals surface area contributed by atoms with E-state index in [-0.39, 0.29) is 5.12 Å². The molecule has 64 valence electrons. The van der Waals surface area contributed by atoms with Crippen LogP contribution in [-0.2, 0) is 4.79 Å². The third-order valence-corrected chi connectivity index (χ3v) is 1.85. The Morgan fingerprint density at radius 3 is 2.25 bits per heavy atom. The maximum atomic E-state index is 10.7. The van der Waals surface area contributed by atoms with Gasteiger partial charge in [-0.2, -0.15) is 0 Å². The number of carbonyl (C=O) groups excluding carboxylic acids is 1. The molecule has 0 aliphatic heterocycles. The van der Waals surface area contributed by atoms with Gasteiger partial charge >= 0.3 is 0 Å². The van der Waals surface area contributed by atoms with Crippen LogP contribution in [0.25, 0.3) is 0 Å². The van der Waals surface area contributed by atoms with Crippen LogP contribution < -0.4 is 0 Å². The Hall–Kier alpha value is -0.900. The predicted octanol–water partition coefficient (Wildman–Crippen LogP) is 1.73. The smallest absolute Gasteiger partial charge is 0.195 e. The second-order valence-corrected chi connectivity index (χ2v) is 3.67. The van der Waals surface area contributed by atoms with Gasteiger partial charge in [-0.05, 0) is 31.7 Å². The minimum atomic E-state index is 0.0139. The minimum absolute atomic E-state index is 0.0139. The first-order chi connectivity index (χ1) is 5.58. The van der Waals surface area contributed by atoms with Gasteiger partial charge < -0.3 is 0 Å². The van der Waals surface area contributed by atoms with Crippen molar-refractivity contribution in [3.05, 3.63) is 17.5 Å². The first kappa shape index (κ1) is 9.19. The van der Waals surface area contributed by atoms with Crippen molar-refractivity contribution in [1.82, 2.24) is 9.97 Å². The summed E-state index contributed by atoms with van der Waals surface area (Å²) in [6, 6.07) is 1.88. The topological polar surface area (TPSA) is 42.9 Å². The number of aryl methyl sites for hydroxylation is 2. The average Bonchev–Trinajstić information content (AvgIpc) is 1.81. The molecule has 1 aromatic rings. The van der Waals surface area contributed by atoms with Gasteiger partial charge in [-0.1, -0.05) is 0 Å². The Balaban J connectivity index is 2.93. The Morgan fingerprint density at radius 1 is 1.33 bits per heavy atom. The number of hydrogen-bond acceptors (Lipinski definition) is 4. The largest absolute Gasteiger partial charge is 0.287 e. The van der Waals surface area contributed by atoms with Crippen molar-refractivity contribution in [3.8, 4) is 0 Å². The van der Waals surface area contributed by atoms with Crippen LogP contribution in [0.5, 0.6) is 0 Å². The molecule has 0 N–H and O–H groups in total. The SMILES string of the molecule is CC(=O)Sc1nc(C)cc(C)n1. The molecule has 0 aliphatic rings. The standard InChI is InChI=1S/C8H10N2OS/c1-5-4-6(2)10-8(9-5)12-7(3)11/h4H,1-3H3. The van der Waals surface area contributed by atoms with Gasteiger partial charge in [0.15, 0.2) is 10.3 Å². The Bertz CT molecular complexity index is 292. The van der Waals surface area contributed by atoms with Gasteiger partial charge in [0.05, 0.1) is 0 Å². The van der Waals surface area contributed by atoms with Crippen LogP contribution in [-0.4, -0.2) is 15.1 Å². The fourth-order valence-corrected chi connectivity index (χ4v) is 1.50. The Labute approximate surface area is 75.6 Å². The number of aromatic nitrogens is 2. The lowest BCUT2D eigenvalue weighted by Crippen LogP contribution is -1.94. The molecular formula is C8H10N2OS. The molecule has 1 rings (SSSR count). The second kappa shape index (κ2) is 3.67. The first-order valence-corrected chi connectivity index (χ1v) is 4.40. The van der Waals surface area contributed by atoms with Gasteiger partial charge in [0, 0.05) is 18.3 Å². The molecule has 0 saturated heterocycles. The molecule has 0 bridgehead atoms. The molecule has 0 aromatic carbocycles. The second-order valence-electron chi connectivity index (χ2n) is 2.53. The van der Waals surface area contributed by atoms with Crippen molar-refractivity contribution in [2.75, 3.05) is 0 Å². The van der Waals surface area contributed by atoms with Crippen molar-refractivity contribution in [1.29, 1.82) is 0 Å². The summed E-state index contributed by atoms with van der Waals surface area (Å²) in [5, 5.41) is 0.556. The normalized spacial score (nSPS) is 9.92. The fraction of sp³-hybridized carbons (Fsp3) is 0.375. The van der Waals surface area contributed by atoms with Gasteiger partial charge in [0.1, 0.15) is 0 Å². The molecule has 0 unspecified atom stereocenters. The molecule has 0 fully saturated rings. The van der Waals surface area contributed by atoms with E-state index in [2.05, 4.69) is 9.97 Å². The molecule has 0 amide bonds. The third kappa shape index (κ3) is 2.62. The highest BCUT2D eigenvalue weighted by molar-refractivity contribution is 8.13. The lowest BCUT2D eigenvalue weighted by atomic mass is 10.4. The number of thioether (sulfide) groups is 1. The monoisotopic (exact) mass is 182 g/mol. The highest BCUT2D eigenvalue weighted by Crippen LogP contribution is 2.13.